The SMILES string of the molecule is CO[C@@]1(C(=O)Nc2ccc3[nH]nc(-c4ccnc(C(F)(F)F)c4)c3c2)CCN(CC(=O)N2CC=C(C3=CCC=C3)CC2)C1. The third-order valence-electron chi connectivity index (χ3n) is 8.32. The fourth-order valence-electron chi connectivity index (χ4n) is 5.87. The zero-order valence-corrected chi connectivity index (χ0v) is 23.6. The first kappa shape index (κ1) is 28.8. The number of hydrogen-bond donors (Lipinski definition) is 2. The zero-order chi connectivity index (χ0) is 30.2. The van der Waals surface area contributed by atoms with E-state index in [1.807, 2.05) is 9.80 Å². The van der Waals surface area contributed by atoms with Gasteiger partial charge < -0.3 is 15.0 Å². The highest BCUT2D eigenvalue weighted by Crippen LogP contribution is 2.34. The molecule has 0 bridgehead atoms. The lowest BCUT2D eigenvalue weighted by Gasteiger charge is -2.30. The molecule has 1 aliphatic carbocycles. The molecular formula is C31H31F3N6O3. The number of aromatic nitrogens is 3. The monoisotopic (exact) mass is 592 g/mol. The highest BCUT2D eigenvalue weighted by Gasteiger charge is 2.45. The standard InChI is InChI=1S/C31H31F3N6O3/c1-43-30(11-15-39(19-30)18-27(41)40-13-9-21(10-14-40)20-4-2-3-5-20)29(42)36-23-6-7-25-24(17-23)28(38-37-25)22-8-12-35-26(16-22)31(32,33)34/h2,4-9,12,16-17H,3,10-11,13-15,18-19H2,1H3,(H,36,42)(H,37,38)/t30-/m0/s1. The number of hydrogen-bond acceptors (Lipinski definition) is 6. The summed E-state index contributed by atoms with van der Waals surface area (Å²) in [5, 5.41) is 10.5. The predicted molar refractivity (Wildman–Crippen MR) is 155 cm³/mol. The summed E-state index contributed by atoms with van der Waals surface area (Å²) in [6, 6.07) is 7.44. The number of ether oxygens (including phenoxy) is 1. The van der Waals surface area contributed by atoms with E-state index in [-0.39, 0.29) is 30.5 Å². The number of carbonyl (C=O) groups excluding carboxylic acids is 2. The number of aromatic amines is 1. The average Bonchev–Trinajstić information content (AvgIpc) is 3.77. The van der Waals surface area contributed by atoms with E-state index in [4.69, 9.17) is 4.74 Å². The number of H-pyrrole nitrogens is 1. The molecule has 2 aliphatic heterocycles. The number of allylic oxidation sites excluding steroid dienone is 4. The Hall–Kier alpha value is -4.29. The maximum atomic E-state index is 13.5. The molecule has 0 unspecified atom stereocenters. The van der Waals surface area contributed by atoms with Gasteiger partial charge in [0.25, 0.3) is 5.91 Å². The second-order valence-electron chi connectivity index (χ2n) is 11.0. The van der Waals surface area contributed by atoms with E-state index >= 15 is 0 Å². The lowest BCUT2D eigenvalue weighted by molar-refractivity contribution is -0.141. The quantitative estimate of drug-likeness (QED) is 0.412. The summed E-state index contributed by atoms with van der Waals surface area (Å²) in [4.78, 5) is 33.8. The number of amides is 2. The van der Waals surface area contributed by atoms with Gasteiger partial charge in [-0.15, -0.1) is 0 Å². The van der Waals surface area contributed by atoms with Crippen LogP contribution >= 0.6 is 0 Å². The van der Waals surface area contributed by atoms with Crippen LogP contribution < -0.4 is 5.32 Å². The van der Waals surface area contributed by atoms with Gasteiger partial charge in [-0.05, 0) is 60.7 Å². The molecule has 0 radical (unpaired) electrons. The van der Waals surface area contributed by atoms with Crippen LogP contribution in [0.3, 0.4) is 0 Å². The van der Waals surface area contributed by atoms with Crippen LogP contribution in [-0.4, -0.2) is 82.2 Å². The second kappa shape index (κ2) is 11.4. The average molecular weight is 593 g/mol. The van der Waals surface area contributed by atoms with Crippen molar-refractivity contribution in [2.24, 2.45) is 0 Å². The highest BCUT2D eigenvalue weighted by atomic mass is 19.4. The van der Waals surface area contributed by atoms with Crippen LogP contribution in [-0.2, 0) is 20.5 Å². The van der Waals surface area contributed by atoms with Gasteiger partial charge in [-0.25, -0.2) is 0 Å². The molecule has 1 saturated heterocycles. The van der Waals surface area contributed by atoms with Crippen LogP contribution in [0.2, 0.25) is 0 Å². The Morgan fingerprint density at radius 1 is 1.16 bits per heavy atom. The second-order valence-corrected chi connectivity index (χ2v) is 11.0. The molecule has 1 atom stereocenters. The Labute approximate surface area is 246 Å². The number of alkyl halides is 3. The minimum absolute atomic E-state index is 0.0151. The van der Waals surface area contributed by atoms with Crippen molar-refractivity contribution in [1.29, 1.82) is 0 Å². The summed E-state index contributed by atoms with van der Waals surface area (Å²) in [5.41, 5.74) is 1.95. The molecule has 224 valence electrons. The first-order valence-corrected chi connectivity index (χ1v) is 14.1. The van der Waals surface area contributed by atoms with E-state index in [0.717, 1.165) is 25.1 Å². The van der Waals surface area contributed by atoms with Crippen molar-refractivity contribution >= 4 is 28.4 Å². The number of anilines is 1. The summed E-state index contributed by atoms with van der Waals surface area (Å²) in [7, 11) is 1.48. The summed E-state index contributed by atoms with van der Waals surface area (Å²) < 4.78 is 45.4. The molecule has 12 heteroatoms. The van der Waals surface area contributed by atoms with Crippen molar-refractivity contribution in [3.05, 3.63) is 77.7 Å². The van der Waals surface area contributed by atoms with E-state index in [2.05, 4.69) is 44.8 Å². The van der Waals surface area contributed by atoms with Crippen LogP contribution in [0.4, 0.5) is 18.9 Å². The number of methoxy groups -OCH3 is 1. The van der Waals surface area contributed by atoms with Gasteiger partial charge in [-0.1, -0.05) is 24.3 Å². The molecule has 3 aromatic rings. The van der Waals surface area contributed by atoms with Gasteiger partial charge in [0.05, 0.1) is 12.1 Å². The number of fused-ring (bicyclic) bond motifs is 1. The van der Waals surface area contributed by atoms with Crippen molar-refractivity contribution in [2.75, 3.05) is 45.2 Å². The molecular weight excluding hydrogens is 561 g/mol. The Bertz CT molecular complexity index is 1660. The van der Waals surface area contributed by atoms with E-state index in [1.54, 1.807) is 18.2 Å². The molecule has 1 aromatic carbocycles. The first-order chi connectivity index (χ1) is 20.6. The predicted octanol–water partition coefficient (Wildman–Crippen LogP) is 4.72. The Kier molecular flexibility index (Phi) is 7.65. The number of rotatable bonds is 7. The fraction of sp³-hybridized carbons (Fsp3) is 0.355. The normalized spacial score (nSPS) is 20.9. The molecule has 3 aliphatic rings. The summed E-state index contributed by atoms with van der Waals surface area (Å²) in [6.45, 7) is 2.20. The molecule has 9 nitrogen and oxygen atoms in total. The fourth-order valence-corrected chi connectivity index (χ4v) is 5.87. The van der Waals surface area contributed by atoms with Gasteiger partial charge in [0.15, 0.2) is 5.60 Å². The number of nitrogens with one attached hydrogen (secondary N) is 2. The molecule has 2 amide bonds. The first-order valence-electron chi connectivity index (χ1n) is 14.1. The molecule has 6 rings (SSSR count). The lowest BCUT2D eigenvalue weighted by Crippen LogP contribution is -2.48. The van der Waals surface area contributed by atoms with E-state index in [0.29, 0.717) is 48.3 Å². The molecule has 43 heavy (non-hydrogen) atoms. The molecule has 0 saturated carbocycles. The molecule has 2 N–H and O–H groups in total. The van der Waals surface area contributed by atoms with Gasteiger partial charge >= 0.3 is 6.18 Å². The third kappa shape index (κ3) is 5.84. The van der Waals surface area contributed by atoms with Crippen molar-refractivity contribution in [3.63, 3.8) is 0 Å². The third-order valence-corrected chi connectivity index (χ3v) is 8.32. The van der Waals surface area contributed by atoms with Gasteiger partial charge in [-0.2, -0.15) is 18.3 Å². The highest BCUT2D eigenvalue weighted by molar-refractivity contribution is 6.01. The van der Waals surface area contributed by atoms with Crippen molar-refractivity contribution < 1.29 is 27.5 Å². The van der Waals surface area contributed by atoms with Crippen LogP contribution in [0, 0.1) is 0 Å². The van der Waals surface area contributed by atoms with E-state index < -0.39 is 17.5 Å². The minimum atomic E-state index is -4.59. The Balaban J connectivity index is 1.12. The molecule has 2 aromatic heterocycles. The number of likely N-dealkylation sites (tertiary alicyclic amines) is 1. The van der Waals surface area contributed by atoms with Crippen LogP contribution in [0.25, 0.3) is 22.2 Å². The maximum absolute atomic E-state index is 13.5. The smallest absolute Gasteiger partial charge is 0.367 e. The van der Waals surface area contributed by atoms with Crippen molar-refractivity contribution in [3.8, 4) is 11.3 Å². The van der Waals surface area contributed by atoms with E-state index in [9.17, 15) is 22.8 Å². The summed E-state index contributed by atoms with van der Waals surface area (Å²) in [6.07, 6.45) is 7.26. The molecule has 1 fully saturated rings. The molecule has 4 heterocycles. The van der Waals surface area contributed by atoms with Gasteiger partial charge in [0, 0.05) is 56.1 Å². The van der Waals surface area contributed by atoms with Gasteiger partial charge in [0.1, 0.15) is 11.4 Å². The van der Waals surface area contributed by atoms with Crippen LogP contribution in [0.5, 0.6) is 0 Å². The molecule has 0 spiro atoms. The number of benzene rings is 1. The summed E-state index contributed by atoms with van der Waals surface area (Å²) in [5.74, 6) is -0.345. The number of halogens is 3. The minimum Gasteiger partial charge on any atom is -0.367 e. The van der Waals surface area contributed by atoms with E-state index in [1.165, 1.54) is 24.3 Å². The zero-order valence-electron chi connectivity index (χ0n) is 23.6. The summed E-state index contributed by atoms with van der Waals surface area (Å²) >= 11 is 0. The Morgan fingerprint density at radius 2 is 2.02 bits per heavy atom. The number of pyridine rings is 1. The van der Waals surface area contributed by atoms with Gasteiger partial charge in [0.2, 0.25) is 5.91 Å². The van der Waals surface area contributed by atoms with Crippen LogP contribution in [0.15, 0.2) is 72.0 Å². The van der Waals surface area contributed by atoms with Gasteiger partial charge in [-0.3, -0.25) is 24.6 Å². The number of carbonyl (C=O) groups is 2. The van der Waals surface area contributed by atoms with Crippen LogP contribution in [0.1, 0.15) is 25.0 Å². The lowest BCUT2D eigenvalue weighted by atomic mass is 10.0. The van der Waals surface area contributed by atoms with Crippen molar-refractivity contribution in [1.82, 2.24) is 25.0 Å². The Morgan fingerprint density at radius 3 is 2.74 bits per heavy atom. The topological polar surface area (TPSA) is 103 Å². The number of nitrogens with zero attached hydrogens (tertiary/aromatic N) is 4. The maximum Gasteiger partial charge on any atom is 0.433 e. The largest absolute Gasteiger partial charge is 0.433 e. The van der Waals surface area contributed by atoms with Crippen molar-refractivity contribution in [2.45, 2.75) is 31.0 Å².